The summed E-state index contributed by atoms with van der Waals surface area (Å²) in [7, 11) is 0. The lowest BCUT2D eigenvalue weighted by Crippen LogP contribution is -2.23. The fourth-order valence-electron chi connectivity index (χ4n) is 3.81. The maximum Gasteiger partial charge on any atom is 0.122 e. The van der Waals surface area contributed by atoms with Gasteiger partial charge in [-0.1, -0.05) is 50.3 Å². The lowest BCUT2D eigenvalue weighted by atomic mass is 9.71. The number of nitriles is 1. The van der Waals surface area contributed by atoms with Gasteiger partial charge < -0.3 is 4.74 Å². The zero-order valence-electron chi connectivity index (χ0n) is 12.1. The SMILES string of the molecule is N#CC1(CC2COc3ccccc32)CCCCCCC1. The average Bonchev–Trinajstić information content (AvgIpc) is 2.85. The molecule has 1 aromatic carbocycles. The van der Waals surface area contributed by atoms with E-state index in [-0.39, 0.29) is 5.41 Å². The van der Waals surface area contributed by atoms with Crippen molar-refractivity contribution in [1.82, 2.24) is 0 Å². The monoisotopic (exact) mass is 269 g/mol. The van der Waals surface area contributed by atoms with Crippen LogP contribution in [0.25, 0.3) is 0 Å². The molecule has 2 aliphatic rings. The van der Waals surface area contributed by atoms with Crippen LogP contribution in [0.5, 0.6) is 5.75 Å². The Morgan fingerprint density at radius 3 is 2.55 bits per heavy atom. The zero-order valence-corrected chi connectivity index (χ0v) is 12.1. The van der Waals surface area contributed by atoms with Crippen molar-refractivity contribution in [2.45, 2.75) is 57.3 Å². The van der Waals surface area contributed by atoms with Gasteiger partial charge in [0.05, 0.1) is 18.1 Å². The molecule has 1 aliphatic heterocycles. The van der Waals surface area contributed by atoms with Crippen molar-refractivity contribution in [2.24, 2.45) is 5.41 Å². The van der Waals surface area contributed by atoms with Crippen LogP contribution in [-0.2, 0) is 0 Å². The highest BCUT2D eigenvalue weighted by Gasteiger charge is 2.36. The summed E-state index contributed by atoms with van der Waals surface area (Å²) in [6.07, 6.45) is 9.47. The van der Waals surface area contributed by atoms with Crippen LogP contribution in [0.4, 0.5) is 0 Å². The molecule has 3 rings (SSSR count). The van der Waals surface area contributed by atoms with Crippen molar-refractivity contribution in [2.75, 3.05) is 6.61 Å². The van der Waals surface area contributed by atoms with Crippen molar-refractivity contribution >= 4 is 0 Å². The van der Waals surface area contributed by atoms with Gasteiger partial charge in [-0.2, -0.15) is 5.26 Å². The molecule has 0 amide bonds. The first-order chi connectivity index (χ1) is 9.83. The number of nitrogens with zero attached hydrogens (tertiary/aromatic N) is 1. The minimum absolute atomic E-state index is 0.119. The third-order valence-corrected chi connectivity index (χ3v) is 4.98. The van der Waals surface area contributed by atoms with E-state index in [1.807, 2.05) is 12.1 Å². The van der Waals surface area contributed by atoms with Crippen LogP contribution >= 0.6 is 0 Å². The Hall–Kier alpha value is -1.49. The molecule has 0 aromatic heterocycles. The highest BCUT2D eigenvalue weighted by Crippen LogP contribution is 2.45. The Labute approximate surface area is 121 Å². The summed E-state index contributed by atoms with van der Waals surface area (Å²) in [4.78, 5) is 0. The molecule has 20 heavy (non-hydrogen) atoms. The molecule has 1 atom stereocenters. The van der Waals surface area contributed by atoms with Gasteiger partial charge in [-0.15, -0.1) is 0 Å². The smallest absolute Gasteiger partial charge is 0.122 e. The van der Waals surface area contributed by atoms with Crippen LogP contribution in [0, 0.1) is 16.7 Å². The first-order valence-corrected chi connectivity index (χ1v) is 7.96. The molecule has 0 N–H and O–H groups in total. The zero-order chi connectivity index (χ0) is 13.8. The molecular formula is C18H23NO. The van der Waals surface area contributed by atoms with Gasteiger partial charge in [-0.05, 0) is 25.3 Å². The highest BCUT2D eigenvalue weighted by atomic mass is 16.5. The first-order valence-electron chi connectivity index (χ1n) is 7.96. The predicted molar refractivity (Wildman–Crippen MR) is 79.7 cm³/mol. The summed E-state index contributed by atoms with van der Waals surface area (Å²) in [6.45, 7) is 0.753. The Balaban J connectivity index is 1.76. The summed E-state index contributed by atoms with van der Waals surface area (Å²) in [6, 6.07) is 11.0. The van der Waals surface area contributed by atoms with E-state index in [2.05, 4.69) is 18.2 Å². The van der Waals surface area contributed by atoms with Crippen molar-refractivity contribution in [3.05, 3.63) is 29.8 Å². The van der Waals surface area contributed by atoms with Crippen LogP contribution in [0.2, 0.25) is 0 Å². The molecule has 106 valence electrons. The van der Waals surface area contributed by atoms with E-state index in [4.69, 9.17) is 4.74 Å². The molecule has 0 spiro atoms. The number of fused-ring (bicyclic) bond motifs is 1. The largest absolute Gasteiger partial charge is 0.493 e. The normalized spacial score (nSPS) is 24.9. The van der Waals surface area contributed by atoms with Gasteiger partial charge in [0.25, 0.3) is 0 Å². The minimum Gasteiger partial charge on any atom is -0.493 e. The molecule has 2 heteroatoms. The number of benzene rings is 1. The molecule has 1 aromatic rings. The molecule has 2 nitrogen and oxygen atoms in total. The number of para-hydroxylation sites is 1. The van der Waals surface area contributed by atoms with Crippen LogP contribution < -0.4 is 4.74 Å². The number of ether oxygens (including phenoxy) is 1. The molecule has 1 saturated carbocycles. The summed E-state index contributed by atoms with van der Waals surface area (Å²) in [5.74, 6) is 1.43. The predicted octanol–water partition coefficient (Wildman–Crippen LogP) is 4.81. The molecule has 0 saturated heterocycles. The van der Waals surface area contributed by atoms with E-state index < -0.39 is 0 Å². The first kappa shape index (κ1) is 13.5. The standard InChI is InChI=1S/C18H23NO/c19-14-18(10-6-2-1-3-7-11-18)12-15-13-20-17-9-5-4-8-16(15)17/h4-5,8-9,15H,1-3,6-7,10-13H2. The summed E-state index contributed by atoms with van der Waals surface area (Å²) in [5.41, 5.74) is 1.19. The summed E-state index contributed by atoms with van der Waals surface area (Å²) in [5, 5.41) is 9.78. The molecule has 0 bridgehead atoms. The number of rotatable bonds is 2. The summed E-state index contributed by atoms with van der Waals surface area (Å²) < 4.78 is 5.79. The molecule has 1 aliphatic carbocycles. The van der Waals surface area contributed by atoms with Gasteiger partial charge in [0.1, 0.15) is 5.75 Å². The Morgan fingerprint density at radius 2 is 1.80 bits per heavy atom. The van der Waals surface area contributed by atoms with Crippen molar-refractivity contribution < 1.29 is 4.74 Å². The van der Waals surface area contributed by atoms with E-state index in [1.54, 1.807) is 0 Å². The molecule has 1 unspecified atom stereocenters. The maximum atomic E-state index is 9.78. The van der Waals surface area contributed by atoms with Gasteiger partial charge in [0, 0.05) is 11.5 Å². The van der Waals surface area contributed by atoms with E-state index >= 15 is 0 Å². The van der Waals surface area contributed by atoms with Crippen LogP contribution in [0.3, 0.4) is 0 Å². The van der Waals surface area contributed by atoms with Crippen molar-refractivity contribution in [1.29, 1.82) is 5.26 Å². The van der Waals surface area contributed by atoms with Gasteiger partial charge >= 0.3 is 0 Å². The average molecular weight is 269 g/mol. The second kappa shape index (κ2) is 5.87. The van der Waals surface area contributed by atoms with E-state index in [1.165, 1.54) is 37.7 Å². The molecule has 0 radical (unpaired) electrons. The summed E-state index contributed by atoms with van der Waals surface area (Å²) >= 11 is 0. The third-order valence-electron chi connectivity index (χ3n) is 4.98. The van der Waals surface area contributed by atoms with E-state index in [0.717, 1.165) is 31.6 Å². The highest BCUT2D eigenvalue weighted by molar-refractivity contribution is 5.40. The van der Waals surface area contributed by atoms with Gasteiger partial charge in [-0.3, -0.25) is 0 Å². The quantitative estimate of drug-likeness (QED) is 0.772. The second-order valence-electron chi connectivity index (χ2n) is 6.41. The molecule has 1 fully saturated rings. The number of hydrogen-bond donors (Lipinski definition) is 0. The Bertz CT molecular complexity index is 494. The van der Waals surface area contributed by atoms with E-state index in [0.29, 0.717) is 5.92 Å². The van der Waals surface area contributed by atoms with E-state index in [9.17, 15) is 5.26 Å². The number of hydrogen-bond acceptors (Lipinski definition) is 2. The molecular weight excluding hydrogens is 246 g/mol. The Morgan fingerprint density at radius 1 is 1.10 bits per heavy atom. The van der Waals surface area contributed by atoms with Crippen LogP contribution in [0.15, 0.2) is 24.3 Å². The minimum atomic E-state index is -0.119. The van der Waals surface area contributed by atoms with Gasteiger partial charge in [0.15, 0.2) is 0 Å². The van der Waals surface area contributed by atoms with Crippen molar-refractivity contribution in [3.63, 3.8) is 0 Å². The third kappa shape index (κ3) is 2.68. The lowest BCUT2D eigenvalue weighted by molar-refractivity contribution is 0.229. The van der Waals surface area contributed by atoms with Crippen LogP contribution in [-0.4, -0.2) is 6.61 Å². The fraction of sp³-hybridized carbons (Fsp3) is 0.611. The van der Waals surface area contributed by atoms with Crippen molar-refractivity contribution in [3.8, 4) is 11.8 Å². The second-order valence-corrected chi connectivity index (χ2v) is 6.41. The van der Waals surface area contributed by atoms with Gasteiger partial charge in [-0.25, -0.2) is 0 Å². The fourth-order valence-corrected chi connectivity index (χ4v) is 3.81. The lowest BCUT2D eigenvalue weighted by Gasteiger charge is -2.30. The topological polar surface area (TPSA) is 33.0 Å². The van der Waals surface area contributed by atoms with Crippen LogP contribution in [0.1, 0.15) is 62.8 Å². The maximum absolute atomic E-state index is 9.78. The molecule has 1 heterocycles. The Kier molecular flexibility index (Phi) is 3.96. The van der Waals surface area contributed by atoms with Gasteiger partial charge in [0.2, 0.25) is 0 Å².